The summed E-state index contributed by atoms with van der Waals surface area (Å²) in [5, 5.41) is 3.17. The molecule has 0 bridgehead atoms. The van der Waals surface area contributed by atoms with E-state index < -0.39 is 6.09 Å². The number of halogens is 2. The minimum atomic E-state index is -0.550. The molecule has 0 saturated heterocycles. The third-order valence-corrected chi connectivity index (χ3v) is 5.18. The summed E-state index contributed by atoms with van der Waals surface area (Å²) in [5.41, 5.74) is 0.105. The number of amides is 1. The van der Waals surface area contributed by atoms with Gasteiger partial charge < -0.3 is 10.1 Å². The predicted molar refractivity (Wildman–Crippen MR) is 108 cm³/mol. The number of benzene rings is 1. The molecule has 0 spiro atoms. The average Bonchev–Trinajstić information content (AvgIpc) is 2.67. The number of carbonyl (C=O) groups is 3. The van der Waals surface area contributed by atoms with Crippen molar-refractivity contribution >= 4 is 56.1 Å². The van der Waals surface area contributed by atoms with Crippen molar-refractivity contribution < 1.29 is 19.1 Å². The standard InChI is InChI=1S/C18H19BrClN3O5/c1-28-18(27)21-6-2-3-11(24)4-5-12(25)9-23-10-22-16-8-14(19)15(20)7-13(16)17(23)26/h7-8,10H,2-6,9H2,1H3,(H,21,27). The van der Waals surface area contributed by atoms with Crippen molar-refractivity contribution in [1.82, 2.24) is 14.9 Å². The van der Waals surface area contributed by atoms with Gasteiger partial charge in [-0.25, -0.2) is 9.78 Å². The summed E-state index contributed by atoms with van der Waals surface area (Å²) in [7, 11) is 1.26. The predicted octanol–water partition coefficient (Wildman–Crippen LogP) is 2.87. The van der Waals surface area contributed by atoms with Crippen molar-refractivity contribution in [2.24, 2.45) is 0 Å². The summed E-state index contributed by atoms with van der Waals surface area (Å²) in [5.74, 6) is -0.326. The number of nitrogens with zero attached hydrogens (tertiary/aromatic N) is 2. The molecule has 1 N–H and O–H groups in total. The van der Waals surface area contributed by atoms with E-state index in [1.165, 1.54) is 24.1 Å². The zero-order chi connectivity index (χ0) is 20.7. The molecule has 1 aromatic heterocycles. The molecule has 150 valence electrons. The fourth-order valence-corrected chi connectivity index (χ4v) is 2.98. The summed E-state index contributed by atoms with van der Waals surface area (Å²) in [4.78, 5) is 51.5. The lowest BCUT2D eigenvalue weighted by Gasteiger charge is -2.07. The van der Waals surface area contributed by atoms with Crippen molar-refractivity contribution in [2.45, 2.75) is 32.2 Å². The van der Waals surface area contributed by atoms with Crippen LogP contribution in [0.25, 0.3) is 10.9 Å². The van der Waals surface area contributed by atoms with E-state index in [1.54, 1.807) is 6.07 Å². The van der Waals surface area contributed by atoms with Crippen LogP contribution in [-0.2, 0) is 20.9 Å². The molecule has 8 nitrogen and oxygen atoms in total. The van der Waals surface area contributed by atoms with Gasteiger partial charge in [0.25, 0.3) is 5.56 Å². The van der Waals surface area contributed by atoms with E-state index in [4.69, 9.17) is 11.6 Å². The van der Waals surface area contributed by atoms with Gasteiger partial charge in [0.1, 0.15) is 5.78 Å². The Morgan fingerprint density at radius 2 is 1.93 bits per heavy atom. The summed E-state index contributed by atoms with van der Waals surface area (Å²) in [6.45, 7) is 0.163. The van der Waals surface area contributed by atoms with E-state index in [-0.39, 0.29) is 42.9 Å². The minimum absolute atomic E-state index is 0.0365. The molecule has 2 aromatic rings. The van der Waals surface area contributed by atoms with Crippen LogP contribution < -0.4 is 10.9 Å². The number of fused-ring (bicyclic) bond motifs is 1. The van der Waals surface area contributed by atoms with Gasteiger partial charge in [0.15, 0.2) is 5.78 Å². The largest absolute Gasteiger partial charge is 0.453 e. The first-order valence-corrected chi connectivity index (χ1v) is 9.68. The van der Waals surface area contributed by atoms with Crippen LogP contribution >= 0.6 is 27.5 Å². The lowest BCUT2D eigenvalue weighted by molar-refractivity contribution is -0.124. The number of ketones is 2. The monoisotopic (exact) mass is 471 g/mol. The van der Waals surface area contributed by atoms with Gasteiger partial charge in [0.2, 0.25) is 0 Å². The Balaban J connectivity index is 1.87. The first-order valence-electron chi connectivity index (χ1n) is 8.51. The van der Waals surface area contributed by atoms with Crippen LogP contribution in [0.15, 0.2) is 27.7 Å². The van der Waals surface area contributed by atoms with Gasteiger partial charge in [-0.3, -0.25) is 19.0 Å². The molecule has 1 heterocycles. The molecular formula is C18H19BrClN3O5. The van der Waals surface area contributed by atoms with Gasteiger partial charge in [0, 0.05) is 30.3 Å². The first-order chi connectivity index (χ1) is 13.3. The number of rotatable bonds is 9. The SMILES string of the molecule is COC(=O)NCCCC(=O)CCC(=O)Cn1cnc2cc(Br)c(Cl)cc2c1=O. The van der Waals surface area contributed by atoms with Crippen molar-refractivity contribution in [3.8, 4) is 0 Å². The Hall–Kier alpha value is -2.26. The number of carbonyl (C=O) groups excluding carboxylic acids is 3. The second-order valence-corrected chi connectivity index (χ2v) is 7.32. The van der Waals surface area contributed by atoms with Crippen LogP contribution in [0.3, 0.4) is 0 Å². The molecular weight excluding hydrogens is 454 g/mol. The smallest absolute Gasteiger partial charge is 0.406 e. The highest BCUT2D eigenvalue weighted by atomic mass is 79.9. The lowest BCUT2D eigenvalue weighted by atomic mass is 10.1. The maximum Gasteiger partial charge on any atom is 0.406 e. The van der Waals surface area contributed by atoms with Crippen LogP contribution in [0.2, 0.25) is 5.02 Å². The molecule has 0 unspecified atom stereocenters. The topological polar surface area (TPSA) is 107 Å². The van der Waals surface area contributed by atoms with E-state index in [0.717, 1.165) is 0 Å². The lowest BCUT2D eigenvalue weighted by Crippen LogP contribution is -2.25. The highest BCUT2D eigenvalue weighted by Crippen LogP contribution is 2.25. The van der Waals surface area contributed by atoms with E-state index >= 15 is 0 Å². The molecule has 28 heavy (non-hydrogen) atoms. The summed E-state index contributed by atoms with van der Waals surface area (Å²) in [6.07, 6.45) is 1.60. The Morgan fingerprint density at radius 1 is 1.21 bits per heavy atom. The molecule has 0 radical (unpaired) electrons. The number of aromatic nitrogens is 2. The van der Waals surface area contributed by atoms with Crippen molar-refractivity contribution in [3.05, 3.63) is 38.3 Å². The Labute approximate surface area is 174 Å². The fraction of sp³-hybridized carbons (Fsp3) is 0.389. The quantitative estimate of drug-likeness (QED) is 0.562. The average molecular weight is 473 g/mol. The van der Waals surface area contributed by atoms with Gasteiger partial charge in [-0.2, -0.15) is 0 Å². The maximum atomic E-state index is 12.5. The molecule has 0 aliphatic heterocycles. The Morgan fingerprint density at radius 3 is 2.64 bits per heavy atom. The molecule has 0 saturated carbocycles. The zero-order valence-electron chi connectivity index (χ0n) is 15.2. The molecule has 0 aliphatic carbocycles. The van der Waals surface area contributed by atoms with Crippen LogP contribution in [0.4, 0.5) is 4.79 Å². The number of hydrogen-bond donors (Lipinski definition) is 1. The van der Waals surface area contributed by atoms with Gasteiger partial charge in [-0.1, -0.05) is 11.6 Å². The fourth-order valence-electron chi connectivity index (χ4n) is 2.49. The number of Topliss-reactive ketones (excluding diaryl/α,β-unsaturated/α-hetero) is 2. The molecule has 0 atom stereocenters. The maximum absolute atomic E-state index is 12.5. The van der Waals surface area contributed by atoms with Gasteiger partial charge in [0.05, 0.1) is 35.9 Å². The van der Waals surface area contributed by atoms with Gasteiger partial charge in [-0.05, 0) is 34.5 Å². The molecule has 2 rings (SSSR count). The van der Waals surface area contributed by atoms with E-state index in [2.05, 4.69) is 31.0 Å². The molecule has 0 aliphatic rings. The third kappa shape index (κ3) is 6.13. The second-order valence-electron chi connectivity index (χ2n) is 6.06. The highest BCUT2D eigenvalue weighted by molar-refractivity contribution is 9.10. The normalized spacial score (nSPS) is 10.7. The van der Waals surface area contributed by atoms with Gasteiger partial charge in [-0.15, -0.1) is 0 Å². The van der Waals surface area contributed by atoms with Crippen molar-refractivity contribution in [2.75, 3.05) is 13.7 Å². The van der Waals surface area contributed by atoms with E-state index in [0.29, 0.717) is 33.4 Å². The van der Waals surface area contributed by atoms with Crippen LogP contribution in [0.5, 0.6) is 0 Å². The number of alkyl carbamates (subject to hydrolysis) is 1. The third-order valence-electron chi connectivity index (χ3n) is 3.98. The number of methoxy groups -OCH3 is 1. The molecule has 1 amide bonds. The molecule has 0 fully saturated rings. The zero-order valence-corrected chi connectivity index (χ0v) is 17.5. The number of ether oxygens (including phenoxy) is 1. The van der Waals surface area contributed by atoms with Crippen molar-refractivity contribution in [1.29, 1.82) is 0 Å². The Kier molecular flexibility index (Phi) is 8.13. The Bertz CT molecular complexity index is 960. The summed E-state index contributed by atoms with van der Waals surface area (Å²) in [6, 6.07) is 3.14. The van der Waals surface area contributed by atoms with Crippen LogP contribution in [0.1, 0.15) is 25.7 Å². The van der Waals surface area contributed by atoms with E-state index in [1.807, 2.05) is 0 Å². The minimum Gasteiger partial charge on any atom is -0.453 e. The number of hydrogen-bond acceptors (Lipinski definition) is 6. The summed E-state index contributed by atoms with van der Waals surface area (Å²) >= 11 is 9.30. The van der Waals surface area contributed by atoms with Crippen LogP contribution in [0, 0.1) is 0 Å². The van der Waals surface area contributed by atoms with E-state index in [9.17, 15) is 19.2 Å². The van der Waals surface area contributed by atoms with Gasteiger partial charge >= 0.3 is 6.09 Å². The highest BCUT2D eigenvalue weighted by Gasteiger charge is 2.12. The molecule has 1 aromatic carbocycles. The van der Waals surface area contributed by atoms with Crippen molar-refractivity contribution in [3.63, 3.8) is 0 Å². The molecule has 10 heteroatoms. The second kappa shape index (κ2) is 10.3. The summed E-state index contributed by atoms with van der Waals surface area (Å²) < 4.78 is 6.25. The number of nitrogens with one attached hydrogen (secondary N) is 1. The van der Waals surface area contributed by atoms with Crippen LogP contribution in [-0.4, -0.2) is 40.9 Å². The first kappa shape index (κ1) is 22.0.